The van der Waals surface area contributed by atoms with Crippen molar-refractivity contribution >= 4 is 22.6 Å². The number of hydrogen-bond donors (Lipinski definition) is 1. The van der Waals surface area contributed by atoms with Gasteiger partial charge in [-0.05, 0) is 49.2 Å². The maximum absolute atomic E-state index is 12.1. The summed E-state index contributed by atoms with van der Waals surface area (Å²) in [4.78, 5) is 23.3. The largest absolute Gasteiger partial charge is 0.484 e. The highest BCUT2D eigenvalue weighted by Crippen LogP contribution is 2.20. The first-order valence-electron chi connectivity index (χ1n) is 7.56. The molecule has 0 aliphatic heterocycles. The fraction of sp³-hybridized carbons (Fsp3) is 0.158. The van der Waals surface area contributed by atoms with Gasteiger partial charge in [-0.3, -0.25) is 4.79 Å². The van der Waals surface area contributed by atoms with E-state index in [1.807, 2.05) is 32.0 Å². The summed E-state index contributed by atoms with van der Waals surface area (Å²) in [6.45, 7) is 3.82. The van der Waals surface area contributed by atoms with E-state index in [1.54, 1.807) is 24.3 Å². The number of anilines is 1. The molecule has 0 aliphatic rings. The lowest BCUT2D eigenvalue weighted by molar-refractivity contribution is -0.118. The van der Waals surface area contributed by atoms with Crippen molar-refractivity contribution in [2.45, 2.75) is 13.8 Å². The van der Waals surface area contributed by atoms with Crippen LogP contribution in [-0.4, -0.2) is 12.5 Å². The van der Waals surface area contributed by atoms with Crippen LogP contribution in [0.2, 0.25) is 0 Å². The van der Waals surface area contributed by atoms with Gasteiger partial charge in [0.1, 0.15) is 11.3 Å². The number of rotatable bonds is 4. The highest BCUT2D eigenvalue weighted by molar-refractivity contribution is 5.92. The Balaban J connectivity index is 1.68. The topological polar surface area (TPSA) is 68.5 Å². The molecule has 3 aromatic rings. The lowest BCUT2D eigenvalue weighted by Gasteiger charge is -2.11. The first kappa shape index (κ1) is 15.8. The van der Waals surface area contributed by atoms with Crippen molar-refractivity contribution in [3.05, 3.63) is 70.1 Å². The molecule has 1 aromatic heterocycles. The van der Waals surface area contributed by atoms with Crippen LogP contribution >= 0.6 is 0 Å². The zero-order valence-corrected chi connectivity index (χ0v) is 13.5. The molecule has 122 valence electrons. The Bertz CT molecular complexity index is 959. The third-order valence-electron chi connectivity index (χ3n) is 3.84. The maximum atomic E-state index is 12.1. The third kappa shape index (κ3) is 3.46. The Morgan fingerprint density at radius 2 is 1.92 bits per heavy atom. The van der Waals surface area contributed by atoms with E-state index in [1.165, 1.54) is 6.07 Å². The van der Waals surface area contributed by atoms with Gasteiger partial charge in [0.15, 0.2) is 6.61 Å². The molecule has 2 aromatic carbocycles. The fourth-order valence-corrected chi connectivity index (χ4v) is 2.35. The third-order valence-corrected chi connectivity index (χ3v) is 3.84. The Kier molecular flexibility index (Phi) is 4.33. The van der Waals surface area contributed by atoms with Gasteiger partial charge in [-0.2, -0.15) is 0 Å². The standard InChI is InChI=1S/C19H17NO4/c1-12-4-3-5-16(13(12)2)20-18(21)11-23-15-8-6-14-7-9-19(22)24-17(14)10-15/h3-10H,11H2,1-2H3,(H,20,21). The van der Waals surface area contributed by atoms with Crippen LogP contribution in [0.5, 0.6) is 5.75 Å². The van der Waals surface area contributed by atoms with Gasteiger partial charge >= 0.3 is 5.63 Å². The molecular weight excluding hydrogens is 306 g/mol. The quantitative estimate of drug-likeness (QED) is 0.747. The molecular formula is C19H17NO4. The number of benzene rings is 2. The van der Waals surface area contributed by atoms with Crippen LogP contribution in [0.15, 0.2) is 57.7 Å². The van der Waals surface area contributed by atoms with Crippen LogP contribution in [0.1, 0.15) is 11.1 Å². The minimum absolute atomic E-state index is 0.129. The number of hydrogen-bond acceptors (Lipinski definition) is 4. The molecule has 0 aliphatic carbocycles. The van der Waals surface area contributed by atoms with Gasteiger partial charge in [0.2, 0.25) is 0 Å². The molecule has 0 spiro atoms. The molecule has 0 unspecified atom stereocenters. The van der Waals surface area contributed by atoms with Gasteiger partial charge in [0, 0.05) is 23.2 Å². The molecule has 3 rings (SSSR count). The van der Waals surface area contributed by atoms with E-state index in [2.05, 4.69) is 5.32 Å². The predicted molar refractivity (Wildman–Crippen MR) is 92.5 cm³/mol. The van der Waals surface area contributed by atoms with E-state index < -0.39 is 5.63 Å². The molecule has 0 radical (unpaired) electrons. The van der Waals surface area contributed by atoms with Crippen molar-refractivity contribution in [2.75, 3.05) is 11.9 Å². The van der Waals surface area contributed by atoms with Gasteiger partial charge in [0.05, 0.1) is 0 Å². The number of nitrogens with one attached hydrogen (secondary N) is 1. The molecule has 0 atom stereocenters. The van der Waals surface area contributed by atoms with Crippen LogP contribution < -0.4 is 15.7 Å². The molecule has 1 N–H and O–H groups in total. The molecule has 5 heteroatoms. The van der Waals surface area contributed by atoms with Crippen molar-refractivity contribution in [2.24, 2.45) is 0 Å². The minimum atomic E-state index is -0.424. The summed E-state index contributed by atoms with van der Waals surface area (Å²) in [7, 11) is 0. The second-order valence-electron chi connectivity index (χ2n) is 5.54. The van der Waals surface area contributed by atoms with Crippen molar-refractivity contribution in [1.82, 2.24) is 0 Å². The van der Waals surface area contributed by atoms with E-state index in [-0.39, 0.29) is 12.5 Å². The summed E-state index contributed by atoms with van der Waals surface area (Å²) in [6, 6.07) is 13.9. The zero-order chi connectivity index (χ0) is 17.1. The Labute approximate surface area is 138 Å². The minimum Gasteiger partial charge on any atom is -0.484 e. The van der Waals surface area contributed by atoms with Crippen molar-refractivity contribution in [3.63, 3.8) is 0 Å². The van der Waals surface area contributed by atoms with Crippen LogP contribution in [0.4, 0.5) is 5.69 Å². The first-order chi connectivity index (χ1) is 11.5. The van der Waals surface area contributed by atoms with Crippen LogP contribution in [0.25, 0.3) is 11.0 Å². The lowest BCUT2D eigenvalue weighted by atomic mass is 10.1. The number of carbonyl (C=O) groups is 1. The van der Waals surface area contributed by atoms with Gasteiger partial charge in [-0.15, -0.1) is 0 Å². The highest BCUT2D eigenvalue weighted by atomic mass is 16.5. The number of aryl methyl sites for hydroxylation is 1. The maximum Gasteiger partial charge on any atom is 0.336 e. The van der Waals surface area contributed by atoms with Crippen molar-refractivity contribution in [3.8, 4) is 5.75 Å². The van der Waals surface area contributed by atoms with Gasteiger partial charge in [-0.1, -0.05) is 12.1 Å². The molecule has 24 heavy (non-hydrogen) atoms. The summed E-state index contributed by atoms with van der Waals surface area (Å²) in [5.74, 6) is 0.214. The predicted octanol–water partition coefficient (Wildman–Crippen LogP) is 3.43. The Hall–Kier alpha value is -3.08. The summed E-state index contributed by atoms with van der Waals surface area (Å²) < 4.78 is 10.6. The number of ether oxygens (including phenoxy) is 1. The van der Waals surface area contributed by atoms with E-state index in [9.17, 15) is 9.59 Å². The molecule has 0 saturated carbocycles. The van der Waals surface area contributed by atoms with Gasteiger partial charge in [0.25, 0.3) is 5.91 Å². The summed E-state index contributed by atoms with van der Waals surface area (Å²) in [5, 5.41) is 3.62. The summed E-state index contributed by atoms with van der Waals surface area (Å²) >= 11 is 0. The normalized spacial score (nSPS) is 10.6. The lowest BCUT2D eigenvalue weighted by Crippen LogP contribution is -2.20. The second kappa shape index (κ2) is 6.58. The smallest absolute Gasteiger partial charge is 0.336 e. The summed E-state index contributed by atoms with van der Waals surface area (Å²) in [5.41, 5.74) is 2.91. The second-order valence-corrected chi connectivity index (χ2v) is 5.54. The van der Waals surface area contributed by atoms with Crippen LogP contribution in [-0.2, 0) is 4.79 Å². The van der Waals surface area contributed by atoms with E-state index in [0.717, 1.165) is 22.2 Å². The molecule has 1 heterocycles. The van der Waals surface area contributed by atoms with Gasteiger partial charge in [-0.25, -0.2) is 4.79 Å². The van der Waals surface area contributed by atoms with Gasteiger partial charge < -0.3 is 14.5 Å². The van der Waals surface area contributed by atoms with Crippen LogP contribution in [0.3, 0.4) is 0 Å². The number of fused-ring (bicyclic) bond motifs is 1. The molecule has 1 amide bonds. The molecule has 0 fully saturated rings. The Morgan fingerprint density at radius 3 is 2.75 bits per heavy atom. The highest BCUT2D eigenvalue weighted by Gasteiger charge is 2.08. The van der Waals surface area contributed by atoms with Crippen LogP contribution in [0, 0.1) is 13.8 Å². The first-order valence-corrected chi connectivity index (χ1v) is 7.56. The molecule has 0 saturated heterocycles. The zero-order valence-electron chi connectivity index (χ0n) is 13.5. The number of amides is 1. The summed E-state index contributed by atoms with van der Waals surface area (Å²) in [6.07, 6.45) is 0. The Morgan fingerprint density at radius 1 is 1.12 bits per heavy atom. The molecule has 5 nitrogen and oxygen atoms in total. The van der Waals surface area contributed by atoms with E-state index in [4.69, 9.17) is 9.15 Å². The van der Waals surface area contributed by atoms with E-state index in [0.29, 0.717) is 11.3 Å². The van der Waals surface area contributed by atoms with E-state index >= 15 is 0 Å². The SMILES string of the molecule is Cc1cccc(NC(=O)COc2ccc3ccc(=O)oc3c2)c1C. The van der Waals surface area contributed by atoms with Crippen molar-refractivity contribution < 1.29 is 13.9 Å². The molecule has 0 bridgehead atoms. The van der Waals surface area contributed by atoms with Crippen molar-refractivity contribution in [1.29, 1.82) is 0 Å². The fourth-order valence-electron chi connectivity index (χ4n) is 2.35. The monoisotopic (exact) mass is 323 g/mol. The average Bonchev–Trinajstić information content (AvgIpc) is 2.57. The number of carbonyl (C=O) groups excluding carboxylic acids is 1. The average molecular weight is 323 g/mol.